The Balaban J connectivity index is -0.000000785. The second kappa shape index (κ2) is 22.7. The van der Waals surface area contributed by atoms with Crippen molar-refractivity contribution in [1.82, 2.24) is 4.31 Å². The Kier molecular flexibility index (Phi) is 24.9. The summed E-state index contributed by atoms with van der Waals surface area (Å²) in [6, 6.07) is 0. The van der Waals surface area contributed by atoms with Gasteiger partial charge in [-0.05, 0) is 62.1 Å². The fourth-order valence-electron chi connectivity index (χ4n) is 2.19. The molecule has 2 atom stereocenters. The average Bonchev–Trinajstić information content (AvgIpc) is 2.75. The topological polar surface area (TPSA) is 21.7 Å². The van der Waals surface area contributed by atoms with Gasteiger partial charge in [-0.15, -0.1) is 0 Å². The summed E-state index contributed by atoms with van der Waals surface area (Å²) in [7, 11) is 7.10. The predicted molar refractivity (Wildman–Crippen MR) is 149 cm³/mol. The fourth-order valence-corrected chi connectivity index (χ4v) is 2.48. The molecule has 0 aliphatic rings. The SMILES string of the molecule is C=C(/C=C(/C)C(=C)C(=C)/C=C\C(=C)C(C)CCC(C)CC)OC.CCC.COSN(C)C. The molecule has 0 radical (unpaired) electrons. The third-order valence-corrected chi connectivity index (χ3v) is 5.10. The predicted octanol–water partition coefficient (Wildman–Crippen LogP) is 8.95. The van der Waals surface area contributed by atoms with Crippen molar-refractivity contribution in [1.29, 1.82) is 0 Å². The van der Waals surface area contributed by atoms with Crippen LogP contribution < -0.4 is 0 Å². The smallest absolute Gasteiger partial charge is 0.111 e. The van der Waals surface area contributed by atoms with Crippen molar-refractivity contribution < 1.29 is 8.92 Å². The zero-order valence-corrected chi connectivity index (χ0v) is 23.5. The Morgan fingerprint density at radius 2 is 1.50 bits per heavy atom. The summed E-state index contributed by atoms with van der Waals surface area (Å²) in [5.41, 5.74) is 3.92. The second-order valence-electron chi connectivity index (χ2n) is 8.16. The van der Waals surface area contributed by atoms with Crippen LogP contribution in [-0.2, 0) is 8.92 Å². The zero-order chi connectivity index (χ0) is 25.7. The van der Waals surface area contributed by atoms with Crippen molar-refractivity contribution in [2.75, 3.05) is 28.3 Å². The summed E-state index contributed by atoms with van der Waals surface area (Å²) in [6.07, 6.45) is 10.8. The van der Waals surface area contributed by atoms with Gasteiger partial charge in [0, 0.05) is 0 Å². The van der Waals surface area contributed by atoms with Gasteiger partial charge in [0.25, 0.3) is 0 Å². The van der Waals surface area contributed by atoms with Gasteiger partial charge in [-0.2, -0.15) is 0 Å². The Morgan fingerprint density at radius 1 is 0.969 bits per heavy atom. The molecule has 0 saturated heterocycles. The van der Waals surface area contributed by atoms with Crippen molar-refractivity contribution >= 4 is 12.2 Å². The first-order valence-corrected chi connectivity index (χ1v) is 12.2. The maximum Gasteiger partial charge on any atom is 0.111 e. The first kappa shape index (κ1) is 35.1. The highest BCUT2D eigenvalue weighted by atomic mass is 32.2. The molecule has 4 heteroatoms. The maximum absolute atomic E-state index is 5.06. The van der Waals surface area contributed by atoms with E-state index in [0.29, 0.717) is 11.7 Å². The highest BCUT2D eigenvalue weighted by molar-refractivity contribution is 7.92. The zero-order valence-electron chi connectivity index (χ0n) is 22.7. The molecule has 0 amide bonds. The molecule has 0 aliphatic heterocycles. The number of nitrogens with zero attached hydrogens (tertiary/aromatic N) is 1. The molecule has 186 valence electrons. The lowest BCUT2D eigenvalue weighted by molar-refractivity contribution is 0.308. The van der Waals surface area contributed by atoms with Crippen LogP contribution in [0.5, 0.6) is 0 Å². The lowest BCUT2D eigenvalue weighted by Gasteiger charge is -2.15. The molecule has 0 spiro atoms. The lowest BCUT2D eigenvalue weighted by atomic mass is 9.91. The highest BCUT2D eigenvalue weighted by Crippen LogP contribution is 2.23. The van der Waals surface area contributed by atoms with E-state index in [1.807, 2.05) is 37.5 Å². The van der Waals surface area contributed by atoms with Gasteiger partial charge in [-0.1, -0.05) is 97.9 Å². The van der Waals surface area contributed by atoms with Gasteiger partial charge in [0.15, 0.2) is 0 Å². The maximum atomic E-state index is 5.06. The van der Waals surface area contributed by atoms with Crippen LogP contribution >= 0.6 is 12.2 Å². The van der Waals surface area contributed by atoms with E-state index in [4.69, 9.17) is 4.74 Å². The lowest BCUT2D eigenvalue weighted by Crippen LogP contribution is -2.01. The molecule has 0 bridgehead atoms. The summed E-state index contributed by atoms with van der Waals surface area (Å²) < 4.78 is 11.6. The number of hydrogen-bond acceptors (Lipinski definition) is 4. The molecule has 0 aliphatic carbocycles. The Morgan fingerprint density at radius 3 is 1.88 bits per heavy atom. The third-order valence-electron chi connectivity index (χ3n) is 4.65. The van der Waals surface area contributed by atoms with E-state index in [9.17, 15) is 0 Å². The molecule has 3 nitrogen and oxygen atoms in total. The number of rotatable bonds is 13. The number of methoxy groups -OCH3 is 1. The van der Waals surface area contributed by atoms with E-state index in [1.54, 1.807) is 14.2 Å². The molecule has 0 N–H and O–H groups in total. The van der Waals surface area contributed by atoms with Crippen molar-refractivity contribution in [3.8, 4) is 0 Å². The molecule has 2 unspecified atom stereocenters. The van der Waals surface area contributed by atoms with Crippen LogP contribution in [0.1, 0.15) is 67.2 Å². The minimum Gasteiger partial charge on any atom is -0.497 e. The second-order valence-corrected chi connectivity index (χ2v) is 9.38. The van der Waals surface area contributed by atoms with Crippen LogP contribution in [0.15, 0.2) is 72.6 Å². The van der Waals surface area contributed by atoms with Crippen LogP contribution in [0, 0.1) is 11.8 Å². The molecule has 0 aromatic carbocycles. The van der Waals surface area contributed by atoms with Gasteiger partial charge in [0.1, 0.15) is 5.76 Å². The van der Waals surface area contributed by atoms with E-state index >= 15 is 0 Å². The highest BCUT2D eigenvalue weighted by Gasteiger charge is 2.07. The largest absolute Gasteiger partial charge is 0.497 e. The molecule has 0 fully saturated rings. The summed E-state index contributed by atoms with van der Waals surface area (Å²) in [6.45, 7) is 29.2. The molecular weight excluding hydrogens is 414 g/mol. The Labute approximate surface area is 205 Å². The van der Waals surface area contributed by atoms with Crippen LogP contribution in [0.25, 0.3) is 0 Å². The van der Waals surface area contributed by atoms with E-state index in [-0.39, 0.29) is 0 Å². The summed E-state index contributed by atoms with van der Waals surface area (Å²) in [5, 5.41) is 0. The quantitative estimate of drug-likeness (QED) is 0.117. The summed E-state index contributed by atoms with van der Waals surface area (Å²) in [5.74, 6) is 1.89. The third kappa shape index (κ3) is 21.7. The van der Waals surface area contributed by atoms with Crippen LogP contribution in [0.4, 0.5) is 0 Å². The first-order valence-electron chi connectivity index (χ1n) is 11.5. The minimum absolute atomic E-state index is 0.492. The van der Waals surface area contributed by atoms with Gasteiger partial charge >= 0.3 is 0 Å². The van der Waals surface area contributed by atoms with Gasteiger partial charge in [-0.3, -0.25) is 0 Å². The van der Waals surface area contributed by atoms with E-state index in [1.165, 1.54) is 37.9 Å². The van der Waals surface area contributed by atoms with Gasteiger partial charge in [-0.25, -0.2) is 4.31 Å². The number of hydrogen-bond donors (Lipinski definition) is 0. The van der Waals surface area contributed by atoms with Gasteiger partial charge < -0.3 is 8.92 Å². The molecule has 32 heavy (non-hydrogen) atoms. The van der Waals surface area contributed by atoms with Crippen LogP contribution in [0.2, 0.25) is 0 Å². The standard InChI is InChI=1S/C22H34O.C3H9NOS.C3H8/c1-10-16(2)11-12-17(3)18(4)13-14-19(5)22(8)20(6)15-21(7)23-9;1-4(2)6-5-3;1-3-2/h13-17H,4-5,7-8,10-12H2,1-3,6,9H3;1-3H3;3H2,1-2H3/b14-13-,20-15-;;. The normalized spacial score (nSPS) is 12.8. The van der Waals surface area contributed by atoms with Crippen LogP contribution in [0.3, 0.4) is 0 Å². The van der Waals surface area contributed by atoms with Crippen molar-refractivity contribution in [3.05, 3.63) is 72.6 Å². The van der Waals surface area contributed by atoms with Crippen molar-refractivity contribution in [2.24, 2.45) is 11.8 Å². The first-order chi connectivity index (χ1) is 14.9. The molecule has 0 heterocycles. The van der Waals surface area contributed by atoms with E-state index < -0.39 is 0 Å². The molecule has 0 aromatic heterocycles. The van der Waals surface area contributed by atoms with Crippen molar-refractivity contribution in [2.45, 2.75) is 67.2 Å². The Hall–Kier alpha value is -1.49. The molecule has 0 rings (SSSR count). The average molecular weight is 466 g/mol. The molecule has 0 aromatic rings. The number of ether oxygens (including phenoxy) is 1. The van der Waals surface area contributed by atoms with Crippen LogP contribution in [-0.4, -0.2) is 32.6 Å². The molecular formula is C28H51NO2S. The summed E-state index contributed by atoms with van der Waals surface area (Å²) >= 11 is 1.32. The minimum atomic E-state index is 0.492. The number of allylic oxidation sites excluding steroid dienone is 7. The van der Waals surface area contributed by atoms with E-state index in [0.717, 1.165) is 28.2 Å². The monoisotopic (exact) mass is 465 g/mol. The van der Waals surface area contributed by atoms with Gasteiger partial charge in [0.05, 0.1) is 26.4 Å². The van der Waals surface area contributed by atoms with Gasteiger partial charge in [0.2, 0.25) is 0 Å². The van der Waals surface area contributed by atoms with Crippen molar-refractivity contribution in [3.63, 3.8) is 0 Å². The molecule has 0 saturated carbocycles. The Bertz CT molecular complexity index is 603. The fraction of sp³-hybridized carbons (Fsp3) is 0.571. The van der Waals surface area contributed by atoms with E-state index in [2.05, 4.69) is 71.2 Å². The summed E-state index contributed by atoms with van der Waals surface area (Å²) in [4.78, 5) is 0.